The fourth-order valence-electron chi connectivity index (χ4n) is 10.7. The molecule has 0 spiro atoms. The Bertz CT molecular complexity index is 1700. The molecule has 0 radical (unpaired) electrons. The zero-order valence-corrected chi connectivity index (χ0v) is 58.4. The number of hydrogen-bond acceptors (Lipinski definition) is 7. The Balaban J connectivity index is 5.02. The first-order chi connectivity index (χ1) is 41.9. The van der Waals surface area contributed by atoms with E-state index < -0.39 is 20.0 Å². The van der Waals surface area contributed by atoms with Gasteiger partial charge < -0.3 is 28.5 Å². The van der Waals surface area contributed by atoms with Crippen LogP contribution in [-0.2, 0) is 27.9 Å². The highest BCUT2D eigenvalue weighted by molar-refractivity contribution is 7.45. The minimum Gasteiger partial charge on any atom is -0.756 e. The molecule has 3 atom stereocenters. The van der Waals surface area contributed by atoms with Gasteiger partial charge in [-0.3, -0.25) is 14.2 Å². The molecule has 0 fully saturated rings. The van der Waals surface area contributed by atoms with E-state index in [1.807, 2.05) is 33.3 Å². The fraction of sp³-hybridized carbons (Fsp3) is 0.816. The molecule has 1 amide bonds. The zero-order valence-electron chi connectivity index (χ0n) is 57.5. The Hall–Kier alpha value is -2.55. The van der Waals surface area contributed by atoms with E-state index in [0.29, 0.717) is 17.4 Å². The van der Waals surface area contributed by atoms with E-state index >= 15 is 0 Å². The van der Waals surface area contributed by atoms with Crippen LogP contribution in [0.15, 0.2) is 72.9 Å². The van der Waals surface area contributed by atoms with Gasteiger partial charge in [0.05, 0.1) is 33.8 Å². The Kier molecular flexibility index (Phi) is 63.5. The van der Waals surface area contributed by atoms with Gasteiger partial charge in [-0.15, -0.1) is 0 Å². The summed E-state index contributed by atoms with van der Waals surface area (Å²) in [5, 5.41) is 3.05. The normalized spacial score (nSPS) is 13.9. The molecule has 0 aromatic heterocycles. The molecular formula is C76H141N2O7P. The molecule has 1 N–H and O–H groups in total. The monoisotopic (exact) mass is 1230 g/mol. The molecule has 0 aliphatic rings. The van der Waals surface area contributed by atoms with Crippen molar-refractivity contribution in [1.82, 2.24) is 5.32 Å². The lowest BCUT2D eigenvalue weighted by molar-refractivity contribution is -0.870. The maximum absolute atomic E-state index is 13.6. The third-order valence-corrected chi connectivity index (χ3v) is 17.3. The lowest BCUT2D eigenvalue weighted by Gasteiger charge is -2.30. The molecule has 0 saturated heterocycles. The summed E-state index contributed by atoms with van der Waals surface area (Å²) in [4.78, 5) is 40.2. The highest BCUT2D eigenvalue weighted by Gasteiger charge is 2.27. The second kappa shape index (κ2) is 65.4. The standard InChI is InChI=1S/C76H141N2O7P/c1-7-10-13-16-19-22-25-28-30-32-34-36-38-39-41-42-44-46-48-50-53-56-59-62-65-68-75(79)77-73(72-84-86(81,82)83-71-70-78(4,5)6)74(67-64-61-58-55-52-27-24-21-18-15-12-9-3)85-76(80)69-66-63-60-57-54-51-49-47-45-43-40-37-35-33-31-29-26-23-20-17-14-11-8-2/h19-20,22-23,28-31,34,36,64,67,73-74H,7-18,21,24-27,32-33,35,37-63,65-66,68-72H2,1-6H3,(H-,77,79,81,82)/b22-19-,23-20-,30-28-,31-29-,36-34-,67-64+. The first-order valence-electron chi connectivity index (χ1n) is 36.7. The molecule has 9 nitrogen and oxygen atoms in total. The summed E-state index contributed by atoms with van der Waals surface area (Å²) in [6.45, 7) is 6.83. The van der Waals surface area contributed by atoms with Crippen molar-refractivity contribution in [2.24, 2.45) is 0 Å². The molecule has 3 unspecified atom stereocenters. The third-order valence-electron chi connectivity index (χ3n) is 16.4. The van der Waals surface area contributed by atoms with Gasteiger partial charge in [-0.2, -0.15) is 0 Å². The van der Waals surface area contributed by atoms with Gasteiger partial charge in [0.1, 0.15) is 19.3 Å². The topological polar surface area (TPSA) is 114 Å². The zero-order chi connectivity index (χ0) is 62.8. The third kappa shape index (κ3) is 65.9. The minimum absolute atomic E-state index is 0.0234. The molecule has 0 aromatic carbocycles. The summed E-state index contributed by atoms with van der Waals surface area (Å²) in [5.74, 6) is -0.532. The van der Waals surface area contributed by atoms with Gasteiger partial charge in [0.25, 0.3) is 7.82 Å². The van der Waals surface area contributed by atoms with E-state index in [1.165, 1.54) is 238 Å². The number of likely N-dealkylation sites (N-methyl/N-ethyl adjacent to an activating group) is 1. The number of quaternary nitrogens is 1. The van der Waals surface area contributed by atoms with Gasteiger partial charge in [-0.05, 0) is 102 Å². The highest BCUT2D eigenvalue weighted by atomic mass is 31.2. The number of allylic oxidation sites excluding steroid dienone is 11. The van der Waals surface area contributed by atoms with E-state index in [4.69, 9.17) is 13.8 Å². The van der Waals surface area contributed by atoms with Gasteiger partial charge in [0.2, 0.25) is 5.91 Å². The average Bonchev–Trinajstić information content (AvgIpc) is 3.69. The van der Waals surface area contributed by atoms with E-state index in [9.17, 15) is 19.0 Å². The number of phosphoric ester groups is 1. The van der Waals surface area contributed by atoms with Crippen LogP contribution >= 0.6 is 7.82 Å². The number of nitrogens with one attached hydrogen (secondary N) is 1. The van der Waals surface area contributed by atoms with Crippen LogP contribution in [0.3, 0.4) is 0 Å². The molecule has 502 valence electrons. The molecule has 0 aromatic rings. The van der Waals surface area contributed by atoms with Crippen LogP contribution < -0.4 is 10.2 Å². The quantitative estimate of drug-likeness (QED) is 0.0212. The Labute approximate surface area is 533 Å². The molecule has 0 rings (SSSR count). The smallest absolute Gasteiger partial charge is 0.306 e. The highest BCUT2D eigenvalue weighted by Crippen LogP contribution is 2.38. The molecule has 0 aliphatic carbocycles. The van der Waals surface area contributed by atoms with Crippen LogP contribution in [0.4, 0.5) is 0 Å². The van der Waals surface area contributed by atoms with Crippen LogP contribution in [0.1, 0.15) is 348 Å². The van der Waals surface area contributed by atoms with Gasteiger partial charge in [0, 0.05) is 12.8 Å². The lowest BCUT2D eigenvalue weighted by Crippen LogP contribution is -2.47. The summed E-state index contributed by atoms with van der Waals surface area (Å²) >= 11 is 0. The number of esters is 1. The molecular weight excluding hydrogens is 1080 g/mol. The van der Waals surface area contributed by atoms with Crippen molar-refractivity contribution < 1.29 is 37.3 Å². The molecule has 86 heavy (non-hydrogen) atoms. The number of phosphoric acid groups is 1. The second-order valence-corrected chi connectivity index (χ2v) is 27.5. The molecule has 0 bridgehead atoms. The Morgan fingerprint density at radius 2 is 0.709 bits per heavy atom. The molecule has 10 heteroatoms. The summed E-state index contributed by atoms with van der Waals surface area (Å²) in [6.07, 6.45) is 85.9. The predicted octanol–water partition coefficient (Wildman–Crippen LogP) is 22.9. The van der Waals surface area contributed by atoms with E-state index in [-0.39, 0.29) is 31.5 Å². The van der Waals surface area contributed by atoms with E-state index in [0.717, 1.165) is 77.0 Å². The van der Waals surface area contributed by atoms with Gasteiger partial charge in [-0.1, -0.05) is 306 Å². The molecule has 0 aliphatic heterocycles. The summed E-state index contributed by atoms with van der Waals surface area (Å²) in [5.41, 5.74) is 0. The van der Waals surface area contributed by atoms with Crippen molar-refractivity contribution in [3.63, 3.8) is 0 Å². The van der Waals surface area contributed by atoms with Crippen molar-refractivity contribution >= 4 is 19.7 Å². The van der Waals surface area contributed by atoms with Crippen molar-refractivity contribution in [2.45, 2.75) is 360 Å². The largest absolute Gasteiger partial charge is 0.756 e. The number of carbonyl (C=O) groups is 2. The van der Waals surface area contributed by atoms with Gasteiger partial charge in [-0.25, -0.2) is 0 Å². The summed E-state index contributed by atoms with van der Waals surface area (Å²) < 4.78 is 30.5. The first-order valence-corrected chi connectivity index (χ1v) is 38.2. The van der Waals surface area contributed by atoms with E-state index in [1.54, 1.807) is 0 Å². The second-order valence-electron chi connectivity index (χ2n) is 26.1. The van der Waals surface area contributed by atoms with Crippen LogP contribution in [-0.4, -0.2) is 69.4 Å². The number of carbonyl (C=O) groups excluding carboxylic acids is 2. The number of ether oxygens (including phenoxy) is 1. The Morgan fingerprint density at radius 1 is 0.407 bits per heavy atom. The number of rotatable bonds is 67. The van der Waals surface area contributed by atoms with E-state index in [2.05, 4.69) is 86.8 Å². The lowest BCUT2D eigenvalue weighted by atomic mass is 10.0. The molecule has 0 heterocycles. The SMILES string of the molecule is CCCCC/C=C\C/C=C\C/C=C\CCCCCCCCCCCCCCC(=O)NC(COP(=O)([O-])OCC[N+](C)(C)C)C(/C=C/CCCCCCCCCCCC)OC(=O)CCCCCCCCCCCCCCC/C=C\C/C=C\CCCCC. The number of nitrogens with zero attached hydrogens (tertiary/aromatic N) is 1. The number of amides is 1. The number of hydrogen-bond donors (Lipinski definition) is 1. The van der Waals surface area contributed by atoms with Crippen LogP contribution in [0.2, 0.25) is 0 Å². The maximum Gasteiger partial charge on any atom is 0.306 e. The summed E-state index contributed by atoms with van der Waals surface area (Å²) in [7, 11) is 1.19. The van der Waals surface area contributed by atoms with Crippen molar-refractivity contribution in [1.29, 1.82) is 0 Å². The van der Waals surface area contributed by atoms with Crippen molar-refractivity contribution in [3.8, 4) is 0 Å². The number of unbranched alkanes of at least 4 members (excludes halogenated alkanes) is 41. The van der Waals surface area contributed by atoms with Gasteiger partial charge >= 0.3 is 5.97 Å². The maximum atomic E-state index is 13.6. The Morgan fingerprint density at radius 3 is 1.08 bits per heavy atom. The average molecular weight is 1230 g/mol. The molecule has 0 saturated carbocycles. The fourth-order valence-corrected chi connectivity index (χ4v) is 11.4. The predicted molar refractivity (Wildman–Crippen MR) is 372 cm³/mol. The van der Waals surface area contributed by atoms with Crippen molar-refractivity contribution in [2.75, 3.05) is 40.9 Å². The summed E-state index contributed by atoms with van der Waals surface area (Å²) in [6, 6.07) is -0.892. The van der Waals surface area contributed by atoms with Gasteiger partial charge in [0.15, 0.2) is 0 Å². The first kappa shape index (κ1) is 83.5. The van der Waals surface area contributed by atoms with Crippen LogP contribution in [0.25, 0.3) is 0 Å². The van der Waals surface area contributed by atoms with Crippen LogP contribution in [0, 0.1) is 0 Å². The minimum atomic E-state index is -4.71. The van der Waals surface area contributed by atoms with Crippen LogP contribution in [0.5, 0.6) is 0 Å². The van der Waals surface area contributed by atoms with Crippen molar-refractivity contribution in [3.05, 3.63) is 72.9 Å².